The Hall–Kier alpha value is -1.35. The number of rotatable bonds is 4. The summed E-state index contributed by atoms with van der Waals surface area (Å²) in [6.07, 6.45) is 7.08. The van der Waals surface area contributed by atoms with E-state index in [-0.39, 0.29) is 5.82 Å². The minimum atomic E-state index is -0.165. The third kappa shape index (κ3) is 2.41. The molecule has 1 aromatic carbocycles. The number of ether oxygens (including phenoxy) is 1. The summed E-state index contributed by atoms with van der Waals surface area (Å²) in [6.45, 7) is 1.86. The van der Waals surface area contributed by atoms with Crippen LogP contribution in [-0.4, -0.2) is 17.3 Å². The number of halogens is 1. The predicted octanol–water partition coefficient (Wildman–Crippen LogP) is 3.74. The SMILES string of the molecule is Fc1ccc2ccn(CCCC3CCCO3)c2c1. The van der Waals surface area contributed by atoms with E-state index in [1.807, 2.05) is 18.3 Å². The summed E-state index contributed by atoms with van der Waals surface area (Å²) in [7, 11) is 0. The molecule has 96 valence electrons. The minimum absolute atomic E-state index is 0.165. The first-order valence-corrected chi connectivity index (χ1v) is 6.69. The van der Waals surface area contributed by atoms with Crippen LogP contribution in [0.3, 0.4) is 0 Å². The van der Waals surface area contributed by atoms with Crippen molar-refractivity contribution in [3.05, 3.63) is 36.3 Å². The van der Waals surface area contributed by atoms with Crippen molar-refractivity contribution >= 4 is 10.9 Å². The molecule has 3 rings (SSSR count). The van der Waals surface area contributed by atoms with Gasteiger partial charge in [-0.1, -0.05) is 0 Å². The Balaban J connectivity index is 1.65. The molecule has 2 nitrogen and oxygen atoms in total. The van der Waals surface area contributed by atoms with Gasteiger partial charge in [-0.2, -0.15) is 0 Å². The van der Waals surface area contributed by atoms with Gasteiger partial charge in [-0.05, 0) is 55.3 Å². The van der Waals surface area contributed by atoms with Crippen LogP contribution in [0.5, 0.6) is 0 Å². The Kier molecular flexibility index (Phi) is 3.33. The third-order valence-corrected chi connectivity index (χ3v) is 3.69. The molecular weight excluding hydrogens is 229 g/mol. The van der Waals surface area contributed by atoms with E-state index in [1.165, 1.54) is 18.9 Å². The van der Waals surface area contributed by atoms with Gasteiger partial charge >= 0.3 is 0 Å². The van der Waals surface area contributed by atoms with Crippen LogP contribution in [0.25, 0.3) is 10.9 Å². The third-order valence-electron chi connectivity index (χ3n) is 3.69. The molecule has 1 saturated heterocycles. The smallest absolute Gasteiger partial charge is 0.125 e. The van der Waals surface area contributed by atoms with Gasteiger partial charge < -0.3 is 9.30 Å². The maximum absolute atomic E-state index is 13.2. The molecular formula is C15H18FNO. The zero-order valence-corrected chi connectivity index (χ0v) is 10.4. The summed E-state index contributed by atoms with van der Waals surface area (Å²) in [5.74, 6) is -0.165. The van der Waals surface area contributed by atoms with E-state index in [9.17, 15) is 4.39 Å². The lowest BCUT2D eigenvalue weighted by Crippen LogP contribution is -2.06. The number of hydrogen-bond donors (Lipinski definition) is 0. The molecule has 2 heterocycles. The topological polar surface area (TPSA) is 14.2 Å². The molecule has 2 aromatic rings. The fourth-order valence-corrected chi connectivity index (χ4v) is 2.71. The second kappa shape index (κ2) is 5.11. The van der Waals surface area contributed by atoms with E-state index >= 15 is 0 Å². The van der Waals surface area contributed by atoms with Crippen molar-refractivity contribution in [2.24, 2.45) is 0 Å². The first kappa shape index (κ1) is 11.7. The van der Waals surface area contributed by atoms with Crippen LogP contribution < -0.4 is 0 Å². The second-order valence-corrected chi connectivity index (χ2v) is 4.99. The monoisotopic (exact) mass is 247 g/mol. The highest BCUT2D eigenvalue weighted by Gasteiger charge is 2.14. The minimum Gasteiger partial charge on any atom is -0.378 e. The molecule has 0 aliphatic carbocycles. The lowest BCUT2D eigenvalue weighted by atomic mass is 10.1. The summed E-state index contributed by atoms with van der Waals surface area (Å²) in [5.41, 5.74) is 0.988. The van der Waals surface area contributed by atoms with Crippen molar-refractivity contribution < 1.29 is 9.13 Å². The summed E-state index contributed by atoms with van der Waals surface area (Å²) < 4.78 is 21.0. The zero-order chi connectivity index (χ0) is 12.4. The Morgan fingerprint density at radius 3 is 3.11 bits per heavy atom. The first-order valence-electron chi connectivity index (χ1n) is 6.69. The summed E-state index contributed by atoms with van der Waals surface area (Å²) in [6, 6.07) is 7.00. The molecule has 18 heavy (non-hydrogen) atoms. The largest absolute Gasteiger partial charge is 0.378 e. The van der Waals surface area contributed by atoms with Crippen molar-refractivity contribution in [1.29, 1.82) is 0 Å². The van der Waals surface area contributed by atoms with Crippen molar-refractivity contribution in [1.82, 2.24) is 4.57 Å². The van der Waals surface area contributed by atoms with Crippen molar-refractivity contribution in [2.45, 2.75) is 38.3 Å². The van der Waals surface area contributed by atoms with Gasteiger partial charge in [0, 0.05) is 19.3 Å². The van der Waals surface area contributed by atoms with Crippen LogP contribution in [0.1, 0.15) is 25.7 Å². The maximum atomic E-state index is 13.2. The standard InChI is InChI=1S/C15H18FNO/c16-13-6-5-12-7-9-17(15(12)11-13)8-1-3-14-4-2-10-18-14/h5-7,9,11,14H,1-4,8,10H2. The predicted molar refractivity (Wildman–Crippen MR) is 70.1 cm³/mol. The molecule has 1 unspecified atom stereocenters. The molecule has 0 amide bonds. The zero-order valence-electron chi connectivity index (χ0n) is 10.4. The van der Waals surface area contributed by atoms with Crippen LogP contribution in [0.4, 0.5) is 4.39 Å². The normalized spacial score (nSPS) is 19.7. The Labute approximate surface area is 106 Å². The Morgan fingerprint density at radius 2 is 2.28 bits per heavy atom. The van der Waals surface area contributed by atoms with Gasteiger partial charge in [-0.15, -0.1) is 0 Å². The molecule has 1 aliphatic rings. The molecule has 1 atom stereocenters. The lowest BCUT2D eigenvalue weighted by Gasteiger charge is -2.10. The van der Waals surface area contributed by atoms with Gasteiger partial charge in [0.15, 0.2) is 0 Å². The number of nitrogens with zero attached hydrogens (tertiary/aromatic N) is 1. The van der Waals surface area contributed by atoms with Crippen molar-refractivity contribution in [3.8, 4) is 0 Å². The quantitative estimate of drug-likeness (QED) is 0.802. The Bertz CT molecular complexity index is 528. The van der Waals surface area contributed by atoms with Gasteiger partial charge in [0.1, 0.15) is 5.82 Å². The second-order valence-electron chi connectivity index (χ2n) is 4.99. The van der Waals surface area contributed by atoms with E-state index in [0.29, 0.717) is 6.10 Å². The van der Waals surface area contributed by atoms with Crippen molar-refractivity contribution in [2.75, 3.05) is 6.61 Å². The van der Waals surface area contributed by atoms with Crippen LogP contribution >= 0.6 is 0 Å². The molecule has 3 heteroatoms. The first-order chi connectivity index (χ1) is 8.83. The lowest BCUT2D eigenvalue weighted by molar-refractivity contribution is 0.101. The molecule has 0 saturated carbocycles. The van der Waals surface area contributed by atoms with Crippen LogP contribution in [0.2, 0.25) is 0 Å². The molecule has 1 fully saturated rings. The average molecular weight is 247 g/mol. The highest BCUT2D eigenvalue weighted by atomic mass is 19.1. The van der Waals surface area contributed by atoms with Gasteiger partial charge in [0.05, 0.1) is 11.6 Å². The van der Waals surface area contributed by atoms with Gasteiger partial charge in [0.2, 0.25) is 0 Å². The molecule has 1 aliphatic heterocycles. The Morgan fingerprint density at radius 1 is 1.33 bits per heavy atom. The van der Waals surface area contributed by atoms with Gasteiger partial charge in [0.25, 0.3) is 0 Å². The number of benzene rings is 1. The van der Waals surface area contributed by atoms with E-state index in [2.05, 4.69) is 4.57 Å². The highest BCUT2D eigenvalue weighted by molar-refractivity contribution is 5.80. The number of hydrogen-bond acceptors (Lipinski definition) is 1. The van der Waals surface area contributed by atoms with Crippen LogP contribution in [-0.2, 0) is 11.3 Å². The van der Waals surface area contributed by atoms with E-state index in [4.69, 9.17) is 4.74 Å². The van der Waals surface area contributed by atoms with Gasteiger partial charge in [-0.25, -0.2) is 4.39 Å². The van der Waals surface area contributed by atoms with Gasteiger partial charge in [-0.3, -0.25) is 0 Å². The maximum Gasteiger partial charge on any atom is 0.125 e. The molecule has 0 radical (unpaired) electrons. The summed E-state index contributed by atoms with van der Waals surface area (Å²) in [4.78, 5) is 0. The van der Waals surface area contributed by atoms with E-state index in [1.54, 1.807) is 6.07 Å². The van der Waals surface area contributed by atoms with Crippen molar-refractivity contribution in [3.63, 3.8) is 0 Å². The molecule has 0 N–H and O–H groups in total. The summed E-state index contributed by atoms with van der Waals surface area (Å²) >= 11 is 0. The fourth-order valence-electron chi connectivity index (χ4n) is 2.71. The number of aryl methyl sites for hydroxylation is 1. The van der Waals surface area contributed by atoms with Crippen LogP contribution in [0, 0.1) is 5.82 Å². The number of aromatic nitrogens is 1. The number of fused-ring (bicyclic) bond motifs is 1. The molecule has 0 spiro atoms. The highest BCUT2D eigenvalue weighted by Crippen LogP contribution is 2.20. The van der Waals surface area contributed by atoms with E-state index in [0.717, 1.165) is 36.9 Å². The molecule has 1 aromatic heterocycles. The fraction of sp³-hybridized carbons (Fsp3) is 0.467. The average Bonchev–Trinajstić information content (AvgIpc) is 2.99. The van der Waals surface area contributed by atoms with Crippen LogP contribution in [0.15, 0.2) is 30.5 Å². The van der Waals surface area contributed by atoms with E-state index < -0.39 is 0 Å². The molecule has 0 bridgehead atoms. The summed E-state index contributed by atoms with van der Waals surface area (Å²) in [5, 5.41) is 1.11.